The zero-order chi connectivity index (χ0) is 18.3. The molecule has 0 bridgehead atoms. The Morgan fingerprint density at radius 2 is 1.85 bits per heavy atom. The summed E-state index contributed by atoms with van der Waals surface area (Å²) < 4.78 is 39.5. The van der Waals surface area contributed by atoms with E-state index in [0.717, 1.165) is 23.4 Å². The van der Waals surface area contributed by atoms with Gasteiger partial charge >= 0.3 is 6.18 Å². The number of benzene rings is 1. The first-order valence-electron chi connectivity index (χ1n) is 8.76. The summed E-state index contributed by atoms with van der Waals surface area (Å²) in [5, 5.41) is 8.33. The van der Waals surface area contributed by atoms with Crippen molar-refractivity contribution < 1.29 is 18.0 Å². The van der Waals surface area contributed by atoms with Crippen LogP contribution >= 0.6 is 0 Å². The Hall–Kier alpha value is -2.38. The SMILES string of the molecule is O=C(CCc1ccc(C(F)(F)F)cc1)N1CC(n2cc(C3CC3)nn2)C1. The number of carbonyl (C=O) groups is 1. The molecular weight excluding hydrogens is 345 g/mol. The van der Waals surface area contributed by atoms with Crippen molar-refractivity contribution in [2.75, 3.05) is 13.1 Å². The maximum atomic E-state index is 12.5. The standard InChI is InChI=1S/C18H19F3N4O/c19-18(20,21)14-6-1-12(2-7-14)3-8-17(26)24-9-15(10-24)25-11-16(22-23-25)13-4-5-13/h1-2,6-7,11,13,15H,3-5,8-10H2. The highest BCUT2D eigenvalue weighted by Gasteiger charge is 2.34. The molecule has 1 saturated heterocycles. The van der Waals surface area contributed by atoms with Crippen LogP contribution in [-0.2, 0) is 17.4 Å². The summed E-state index contributed by atoms with van der Waals surface area (Å²) in [4.78, 5) is 14.0. The molecule has 2 heterocycles. The summed E-state index contributed by atoms with van der Waals surface area (Å²) in [6.07, 6.45) is 0.736. The van der Waals surface area contributed by atoms with Crippen molar-refractivity contribution in [1.29, 1.82) is 0 Å². The van der Waals surface area contributed by atoms with Crippen LogP contribution in [0.15, 0.2) is 30.5 Å². The summed E-state index contributed by atoms with van der Waals surface area (Å²) >= 11 is 0. The second kappa shape index (κ2) is 6.41. The predicted octanol–water partition coefficient (Wildman–Crippen LogP) is 3.19. The van der Waals surface area contributed by atoms with Crippen molar-refractivity contribution in [3.63, 3.8) is 0 Å². The van der Waals surface area contributed by atoms with E-state index < -0.39 is 11.7 Å². The molecule has 2 aromatic rings. The van der Waals surface area contributed by atoms with Crippen molar-refractivity contribution in [3.8, 4) is 0 Å². The summed E-state index contributed by atoms with van der Waals surface area (Å²) in [6, 6.07) is 5.15. The number of aryl methyl sites for hydroxylation is 1. The molecule has 2 aliphatic rings. The number of amides is 1. The van der Waals surface area contributed by atoms with E-state index >= 15 is 0 Å². The highest BCUT2D eigenvalue weighted by atomic mass is 19.4. The third kappa shape index (κ3) is 3.59. The topological polar surface area (TPSA) is 51.0 Å². The largest absolute Gasteiger partial charge is 0.416 e. The Bertz CT molecular complexity index is 790. The molecule has 1 saturated carbocycles. The number of nitrogens with zero attached hydrogens (tertiary/aromatic N) is 4. The van der Waals surface area contributed by atoms with E-state index in [1.807, 2.05) is 10.9 Å². The Kier molecular flexibility index (Phi) is 4.20. The lowest BCUT2D eigenvalue weighted by molar-refractivity contribution is -0.138. The van der Waals surface area contributed by atoms with Gasteiger partial charge in [0.25, 0.3) is 0 Å². The average molecular weight is 364 g/mol. The molecule has 1 aliphatic heterocycles. The third-order valence-electron chi connectivity index (χ3n) is 5.02. The molecule has 5 nitrogen and oxygen atoms in total. The molecule has 0 radical (unpaired) electrons. The summed E-state index contributed by atoms with van der Waals surface area (Å²) in [6.45, 7) is 1.22. The van der Waals surface area contributed by atoms with E-state index in [2.05, 4.69) is 10.3 Å². The van der Waals surface area contributed by atoms with Gasteiger partial charge < -0.3 is 4.90 Å². The van der Waals surface area contributed by atoms with Crippen LogP contribution in [0.1, 0.15) is 48.0 Å². The maximum Gasteiger partial charge on any atom is 0.416 e. The van der Waals surface area contributed by atoms with Crippen molar-refractivity contribution in [2.24, 2.45) is 0 Å². The van der Waals surface area contributed by atoms with Crippen LogP contribution in [0.25, 0.3) is 0 Å². The van der Waals surface area contributed by atoms with Crippen LogP contribution in [0.3, 0.4) is 0 Å². The Balaban J connectivity index is 1.24. The van der Waals surface area contributed by atoms with Gasteiger partial charge in [-0.3, -0.25) is 4.79 Å². The number of likely N-dealkylation sites (tertiary alicyclic amines) is 1. The van der Waals surface area contributed by atoms with E-state index in [-0.39, 0.29) is 11.9 Å². The number of hydrogen-bond acceptors (Lipinski definition) is 3. The molecule has 1 amide bonds. The van der Waals surface area contributed by atoms with Gasteiger partial charge in [-0.25, -0.2) is 4.68 Å². The molecule has 1 aromatic heterocycles. The van der Waals surface area contributed by atoms with Crippen LogP contribution in [0, 0.1) is 0 Å². The number of hydrogen-bond donors (Lipinski definition) is 0. The van der Waals surface area contributed by atoms with Gasteiger partial charge in [-0.1, -0.05) is 17.3 Å². The molecule has 0 unspecified atom stereocenters. The smallest absolute Gasteiger partial charge is 0.338 e. The second-order valence-corrected chi connectivity index (χ2v) is 7.04. The van der Waals surface area contributed by atoms with Crippen molar-refractivity contribution in [1.82, 2.24) is 19.9 Å². The van der Waals surface area contributed by atoms with E-state index in [9.17, 15) is 18.0 Å². The van der Waals surface area contributed by atoms with E-state index in [1.165, 1.54) is 25.0 Å². The van der Waals surface area contributed by atoms with E-state index in [1.54, 1.807) is 4.90 Å². The molecule has 0 N–H and O–H groups in total. The van der Waals surface area contributed by atoms with Gasteiger partial charge in [0.05, 0.1) is 17.3 Å². The first-order valence-corrected chi connectivity index (χ1v) is 8.76. The lowest BCUT2D eigenvalue weighted by Crippen LogP contribution is -2.51. The quantitative estimate of drug-likeness (QED) is 0.819. The molecular formula is C18H19F3N4O. The van der Waals surface area contributed by atoms with Crippen LogP contribution in [0.4, 0.5) is 13.2 Å². The summed E-state index contributed by atoms with van der Waals surface area (Å²) in [5.41, 5.74) is 1.10. The number of halogens is 3. The van der Waals surface area contributed by atoms with Gasteiger partial charge in [0.15, 0.2) is 0 Å². The number of carbonyl (C=O) groups excluding carboxylic acids is 1. The highest BCUT2D eigenvalue weighted by Crippen LogP contribution is 2.39. The van der Waals surface area contributed by atoms with Crippen LogP contribution in [-0.4, -0.2) is 38.9 Å². The molecule has 26 heavy (non-hydrogen) atoms. The average Bonchev–Trinajstić information content (AvgIpc) is 3.30. The van der Waals surface area contributed by atoms with Crippen molar-refractivity contribution in [2.45, 2.75) is 43.8 Å². The fourth-order valence-electron chi connectivity index (χ4n) is 3.13. The number of aromatic nitrogens is 3. The first kappa shape index (κ1) is 17.1. The summed E-state index contributed by atoms with van der Waals surface area (Å²) in [5.74, 6) is 0.578. The lowest BCUT2D eigenvalue weighted by Gasteiger charge is -2.39. The second-order valence-electron chi connectivity index (χ2n) is 7.04. The van der Waals surface area contributed by atoms with Gasteiger partial charge in [-0.2, -0.15) is 13.2 Å². The minimum Gasteiger partial charge on any atom is -0.338 e. The molecule has 138 valence electrons. The van der Waals surface area contributed by atoms with E-state index in [0.29, 0.717) is 31.8 Å². The zero-order valence-corrected chi connectivity index (χ0v) is 14.1. The molecule has 0 spiro atoms. The minimum absolute atomic E-state index is 0.0173. The fourth-order valence-corrected chi connectivity index (χ4v) is 3.13. The summed E-state index contributed by atoms with van der Waals surface area (Å²) in [7, 11) is 0. The minimum atomic E-state index is -4.33. The molecule has 4 rings (SSSR count). The van der Waals surface area contributed by atoms with Gasteiger partial charge in [-0.15, -0.1) is 5.10 Å². The third-order valence-corrected chi connectivity index (χ3v) is 5.02. The highest BCUT2D eigenvalue weighted by molar-refractivity contribution is 5.77. The first-order chi connectivity index (χ1) is 12.4. The van der Waals surface area contributed by atoms with Crippen molar-refractivity contribution in [3.05, 3.63) is 47.3 Å². The normalized spacial score (nSPS) is 18.0. The van der Waals surface area contributed by atoms with Gasteiger partial charge in [-0.05, 0) is 37.0 Å². The lowest BCUT2D eigenvalue weighted by atomic mass is 10.0. The number of rotatable bonds is 5. The molecule has 8 heteroatoms. The fraction of sp³-hybridized carbons (Fsp3) is 0.500. The maximum absolute atomic E-state index is 12.5. The van der Waals surface area contributed by atoms with Crippen LogP contribution in [0.5, 0.6) is 0 Å². The Labute approximate surface area is 148 Å². The molecule has 2 fully saturated rings. The van der Waals surface area contributed by atoms with Gasteiger partial charge in [0, 0.05) is 31.6 Å². The molecule has 1 aliphatic carbocycles. The van der Waals surface area contributed by atoms with Gasteiger partial charge in [0.1, 0.15) is 0 Å². The monoisotopic (exact) mass is 364 g/mol. The predicted molar refractivity (Wildman–Crippen MR) is 87.4 cm³/mol. The van der Waals surface area contributed by atoms with Crippen LogP contribution < -0.4 is 0 Å². The molecule has 0 atom stereocenters. The van der Waals surface area contributed by atoms with Crippen LogP contribution in [0.2, 0.25) is 0 Å². The molecule has 1 aromatic carbocycles. The Morgan fingerprint density at radius 3 is 2.46 bits per heavy atom. The van der Waals surface area contributed by atoms with Gasteiger partial charge in [0.2, 0.25) is 5.91 Å². The van der Waals surface area contributed by atoms with E-state index in [4.69, 9.17) is 0 Å². The van der Waals surface area contributed by atoms with Crippen molar-refractivity contribution >= 4 is 5.91 Å². The number of alkyl halides is 3. The zero-order valence-electron chi connectivity index (χ0n) is 14.1. The Morgan fingerprint density at radius 1 is 1.15 bits per heavy atom.